The molecule has 1 aromatic carbocycles. The fourth-order valence-electron chi connectivity index (χ4n) is 2.44. The quantitative estimate of drug-likeness (QED) is 0.844. The molecule has 0 saturated heterocycles. The summed E-state index contributed by atoms with van der Waals surface area (Å²) in [6.45, 7) is 5.23. The Morgan fingerprint density at radius 3 is 3.00 bits per heavy atom. The first-order valence-corrected chi connectivity index (χ1v) is 6.24. The third-order valence-corrected chi connectivity index (χ3v) is 3.46. The molecule has 2 unspecified atom stereocenters. The lowest BCUT2D eigenvalue weighted by Crippen LogP contribution is -2.19. The number of fused-ring (bicyclic) bond motifs is 1. The summed E-state index contributed by atoms with van der Waals surface area (Å²) in [6.07, 6.45) is 3.38. The molecule has 1 heterocycles. The smallest absolute Gasteiger partial charge is 0.127 e. The van der Waals surface area contributed by atoms with Gasteiger partial charge < -0.3 is 10.5 Å². The molecule has 0 fully saturated rings. The molecule has 0 saturated carbocycles. The predicted octanol–water partition coefficient (Wildman–Crippen LogP) is 3.06. The summed E-state index contributed by atoms with van der Waals surface area (Å²) in [7, 11) is 0. The maximum Gasteiger partial charge on any atom is 0.127 e. The van der Waals surface area contributed by atoms with E-state index in [1.54, 1.807) is 0 Å². The van der Waals surface area contributed by atoms with Crippen LogP contribution in [0.1, 0.15) is 43.9 Å². The number of nitrogens with two attached hydrogens (primary N) is 1. The van der Waals surface area contributed by atoms with Gasteiger partial charge >= 0.3 is 0 Å². The van der Waals surface area contributed by atoms with Crippen molar-refractivity contribution in [3.05, 3.63) is 29.3 Å². The van der Waals surface area contributed by atoms with Crippen molar-refractivity contribution in [1.82, 2.24) is 0 Å². The van der Waals surface area contributed by atoms with Crippen molar-refractivity contribution in [1.29, 1.82) is 0 Å². The van der Waals surface area contributed by atoms with Gasteiger partial charge in [0.15, 0.2) is 0 Å². The molecular weight excluding hydrogens is 198 g/mol. The SMILES string of the molecule is CCCC(C)C(N)c1cccc2c1OCC2. The third-order valence-electron chi connectivity index (χ3n) is 3.46. The van der Waals surface area contributed by atoms with Crippen molar-refractivity contribution in [3.63, 3.8) is 0 Å². The van der Waals surface area contributed by atoms with Crippen LogP contribution < -0.4 is 10.5 Å². The van der Waals surface area contributed by atoms with Crippen LogP contribution >= 0.6 is 0 Å². The molecule has 88 valence electrons. The summed E-state index contributed by atoms with van der Waals surface area (Å²) in [5, 5.41) is 0. The van der Waals surface area contributed by atoms with Gasteiger partial charge in [0.1, 0.15) is 5.75 Å². The van der Waals surface area contributed by atoms with Crippen LogP contribution in [0.15, 0.2) is 18.2 Å². The van der Waals surface area contributed by atoms with E-state index in [1.807, 2.05) is 0 Å². The molecule has 2 rings (SSSR count). The van der Waals surface area contributed by atoms with Gasteiger partial charge in [-0.15, -0.1) is 0 Å². The topological polar surface area (TPSA) is 35.2 Å². The third kappa shape index (κ3) is 2.07. The minimum absolute atomic E-state index is 0.105. The summed E-state index contributed by atoms with van der Waals surface area (Å²) < 4.78 is 5.70. The zero-order chi connectivity index (χ0) is 11.5. The summed E-state index contributed by atoms with van der Waals surface area (Å²) in [5.74, 6) is 1.57. The number of hydrogen-bond donors (Lipinski definition) is 1. The largest absolute Gasteiger partial charge is 0.493 e. The van der Waals surface area contributed by atoms with E-state index >= 15 is 0 Å². The zero-order valence-electron chi connectivity index (χ0n) is 10.2. The Hall–Kier alpha value is -1.02. The molecule has 0 aromatic heterocycles. The molecule has 1 aliphatic heterocycles. The van der Waals surface area contributed by atoms with Gasteiger partial charge in [-0.05, 0) is 17.9 Å². The fourth-order valence-corrected chi connectivity index (χ4v) is 2.44. The molecule has 16 heavy (non-hydrogen) atoms. The standard InChI is InChI=1S/C14H21NO/c1-3-5-10(2)13(15)12-7-4-6-11-8-9-16-14(11)12/h4,6-7,10,13H,3,5,8-9,15H2,1-2H3. The second-order valence-electron chi connectivity index (χ2n) is 4.73. The lowest BCUT2D eigenvalue weighted by Gasteiger charge is -2.21. The van der Waals surface area contributed by atoms with Crippen molar-refractivity contribution in [2.24, 2.45) is 11.7 Å². The first kappa shape index (κ1) is 11.5. The number of hydrogen-bond acceptors (Lipinski definition) is 2. The van der Waals surface area contributed by atoms with E-state index in [1.165, 1.54) is 24.0 Å². The highest BCUT2D eigenvalue weighted by Gasteiger charge is 2.22. The Morgan fingerprint density at radius 1 is 1.44 bits per heavy atom. The molecule has 0 amide bonds. The van der Waals surface area contributed by atoms with E-state index < -0.39 is 0 Å². The van der Waals surface area contributed by atoms with Crippen molar-refractivity contribution in [2.45, 2.75) is 39.2 Å². The average molecular weight is 219 g/mol. The lowest BCUT2D eigenvalue weighted by atomic mass is 9.90. The van der Waals surface area contributed by atoms with Crippen molar-refractivity contribution in [3.8, 4) is 5.75 Å². The zero-order valence-corrected chi connectivity index (χ0v) is 10.2. The molecule has 1 aromatic rings. The highest BCUT2D eigenvalue weighted by Crippen LogP contribution is 2.35. The van der Waals surface area contributed by atoms with E-state index in [9.17, 15) is 0 Å². The Bertz CT molecular complexity index is 362. The van der Waals surface area contributed by atoms with Gasteiger partial charge in [-0.25, -0.2) is 0 Å². The first-order chi connectivity index (χ1) is 7.74. The molecule has 0 radical (unpaired) electrons. The van der Waals surface area contributed by atoms with Crippen LogP contribution in [0.3, 0.4) is 0 Å². The van der Waals surface area contributed by atoms with E-state index in [-0.39, 0.29) is 6.04 Å². The van der Waals surface area contributed by atoms with Crippen molar-refractivity contribution >= 4 is 0 Å². The van der Waals surface area contributed by atoms with Crippen molar-refractivity contribution in [2.75, 3.05) is 6.61 Å². The highest BCUT2D eigenvalue weighted by molar-refractivity contribution is 5.45. The number of rotatable bonds is 4. The Balaban J connectivity index is 2.23. The summed E-state index contributed by atoms with van der Waals surface area (Å²) in [4.78, 5) is 0. The van der Waals surface area contributed by atoms with Crippen LogP contribution in [0.25, 0.3) is 0 Å². The molecule has 2 N–H and O–H groups in total. The van der Waals surface area contributed by atoms with Gasteiger partial charge in [-0.1, -0.05) is 38.5 Å². The van der Waals surface area contributed by atoms with Crippen LogP contribution in [0, 0.1) is 5.92 Å². The summed E-state index contributed by atoms with van der Waals surface area (Å²) in [5.41, 5.74) is 8.82. The molecule has 2 heteroatoms. The molecule has 1 aliphatic rings. The highest BCUT2D eigenvalue weighted by atomic mass is 16.5. The van der Waals surface area contributed by atoms with Crippen LogP contribution in [-0.4, -0.2) is 6.61 Å². The molecular formula is C14H21NO. The van der Waals surface area contributed by atoms with Gasteiger partial charge in [0, 0.05) is 18.0 Å². The van der Waals surface area contributed by atoms with Gasteiger partial charge in [-0.2, -0.15) is 0 Å². The Kier molecular flexibility index (Phi) is 3.49. The minimum atomic E-state index is 0.105. The Morgan fingerprint density at radius 2 is 2.25 bits per heavy atom. The normalized spacial score (nSPS) is 17.7. The van der Waals surface area contributed by atoms with Crippen LogP contribution in [0.2, 0.25) is 0 Å². The predicted molar refractivity (Wildman–Crippen MR) is 66.6 cm³/mol. The van der Waals surface area contributed by atoms with Crippen LogP contribution in [0.4, 0.5) is 0 Å². The summed E-state index contributed by atoms with van der Waals surface area (Å²) in [6, 6.07) is 6.46. The summed E-state index contributed by atoms with van der Waals surface area (Å²) >= 11 is 0. The van der Waals surface area contributed by atoms with E-state index in [4.69, 9.17) is 10.5 Å². The number of ether oxygens (including phenoxy) is 1. The second-order valence-corrected chi connectivity index (χ2v) is 4.73. The van der Waals surface area contributed by atoms with E-state index in [0.717, 1.165) is 18.8 Å². The number of benzene rings is 1. The second kappa shape index (κ2) is 4.88. The number of para-hydroxylation sites is 1. The van der Waals surface area contributed by atoms with Gasteiger partial charge in [0.05, 0.1) is 6.61 Å². The minimum Gasteiger partial charge on any atom is -0.493 e. The van der Waals surface area contributed by atoms with E-state index in [2.05, 4.69) is 32.0 Å². The lowest BCUT2D eigenvalue weighted by molar-refractivity contribution is 0.343. The van der Waals surface area contributed by atoms with Crippen molar-refractivity contribution < 1.29 is 4.74 Å². The van der Waals surface area contributed by atoms with E-state index in [0.29, 0.717) is 5.92 Å². The maximum absolute atomic E-state index is 6.32. The van der Waals surface area contributed by atoms with Gasteiger partial charge in [-0.3, -0.25) is 0 Å². The monoisotopic (exact) mass is 219 g/mol. The molecule has 0 spiro atoms. The maximum atomic E-state index is 6.32. The molecule has 2 atom stereocenters. The fraction of sp³-hybridized carbons (Fsp3) is 0.571. The van der Waals surface area contributed by atoms with Crippen LogP contribution in [-0.2, 0) is 6.42 Å². The average Bonchev–Trinajstić information content (AvgIpc) is 2.76. The van der Waals surface area contributed by atoms with Crippen LogP contribution in [0.5, 0.6) is 5.75 Å². The molecule has 0 aliphatic carbocycles. The molecule has 2 nitrogen and oxygen atoms in total. The van der Waals surface area contributed by atoms with Gasteiger partial charge in [0.25, 0.3) is 0 Å². The Labute approximate surface area is 97.8 Å². The first-order valence-electron chi connectivity index (χ1n) is 6.24. The van der Waals surface area contributed by atoms with Gasteiger partial charge in [0.2, 0.25) is 0 Å². The molecule has 0 bridgehead atoms.